The minimum atomic E-state index is -0.120. The Morgan fingerprint density at radius 3 is 2.80 bits per heavy atom. The van der Waals surface area contributed by atoms with Gasteiger partial charge in [0, 0.05) is 6.20 Å². The molecule has 0 saturated heterocycles. The Bertz CT molecular complexity index is 450. The molecule has 1 aromatic rings. The number of aromatic nitrogens is 1. The predicted octanol–water partition coefficient (Wildman–Crippen LogP) is -0.0493. The smallest absolute Gasteiger partial charge is 0.211 e. The maximum atomic E-state index is 8.68. The molecule has 0 aliphatic heterocycles. The molecule has 15 heavy (non-hydrogen) atoms. The lowest BCUT2D eigenvalue weighted by Crippen LogP contribution is -2.22. The van der Waals surface area contributed by atoms with E-state index in [0.29, 0.717) is 17.0 Å². The number of rotatable bonds is 2. The second-order valence-corrected chi connectivity index (χ2v) is 2.75. The average Bonchev–Trinajstić information content (AvgIpc) is 2.26. The van der Waals surface area contributed by atoms with Gasteiger partial charge in [-0.05, 0) is 19.1 Å². The van der Waals surface area contributed by atoms with E-state index in [1.54, 1.807) is 19.1 Å². The van der Waals surface area contributed by atoms with Crippen LogP contribution < -0.4 is 11.5 Å². The van der Waals surface area contributed by atoms with Gasteiger partial charge in [-0.25, -0.2) is 0 Å². The van der Waals surface area contributed by atoms with E-state index in [0.717, 1.165) is 0 Å². The van der Waals surface area contributed by atoms with Crippen molar-refractivity contribution in [1.82, 2.24) is 4.98 Å². The first kappa shape index (κ1) is 10.7. The topological polar surface area (TPSA) is 113 Å². The normalized spacial score (nSPS) is 10.5. The molecule has 4 N–H and O–H groups in total. The minimum absolute atomic E-state index is 0.120. The van der Waals surface area contributed by atoms with E-state index in [-0.39, 0.29) is 5.96 Å². The molecule has 0 aromatic carbocycles. The van der Waals surface area contributed by atoms with E-state index < -0.39 is 0 Å². The molecule has 0 fully saturated rings. The van der Waals surface area contributed by atoms with E-state index in [1.807, 2.05) is 6.07 Å². The fourth-order valence-corrected chi connectivity index (χ4v) is 0.882. The molecule has 76 valence electrons. The molecule has 0 bridgehead atoms. The van der Waals surface area contributed by atoms with Crippen LogP contribution in [0.25, 0.3) is 0 Å². The van der Waals surface area contributed by atoms with Crippen molar-refractivity contribution in [2.75, 3.05) is 0 Å². The monoisotopic (exact) mass is 202 g/mol. The number of nitriles is 1. The molecule has 6 heteroatoms. The molecule has 6 nitrogen and oxygen atoms in total. The summed E-state index contributed by atoms with van der Waals surface area (Å²) in [4.78, 5) is 4.03. The zero-order chi connectivity index (χ0) is 11.3. The SMILES string of the molecule is C/C(=N\N=C(N)N)c1cc(C#N)ccn1. The molecular weight excluding hydrogens is 192 g/mol. The first-order chi connectivity index (χ1) is 7.13. The first-order valence-corrected chi connectivity index (χ1v) is 4.13. The van der Waals surface area contributed by atoms with Crippen molar-refractivity contribution in [2.45, 2.75) is 6.92 Å². The molecule has 1 aromatic heterocycles. The fraction of sp³-hybridized carbons (Fsp3) is 0.111. The molecule has 0 unspecified atom stereocenters. The summed E-state index contributed by atoms with van der Waals surface area (Å²) in [7, 11) is 0. The molecule has 0 aliphatic carbocycles. The lowest BCUT2D eigenvalue weighted by Gasteiger charge is -1.97. The number of hydrogen-bond donors (Lipinski definition) is 2. The minimum Gasteiger partial charge on any atom is -0.369 e. The third-order valence-electron chi connectivity index (χ3n) is 1.58. The Hall–Kier alpha value is -2.42. The van der Waals surface area contributed by atoms with Crippen LogP contribution in [0.1, 0.15) is 18.2 Å². The van der Waals surface area contributed by atoms with Crippen LogP contribution in [0.3, 0.4) is 0 Å². The van der Waals surface area contributed by atoms with Crippen molar-refractivity contribution in [1.29, 1.82) is 5.26 Å². The van der Waals surface area contributed by atoms with Gasteiger partial charge in [0.2, 0.25) is 5.96 Å². The van der Waals surface area contributed by atoms with Crippen LogP contribution in [0.4, 0.5) is 0 Å². The van der Waals surface area contributed by atoms with Crippen LogP contribution in [0.15, 0.2) is 28.5 Å². The van der Waals surface area contributed by atoms with Gasteiger partial charge < -0.3 is 11.5 Å². The lowest BCUT2D eigenvalue weighted by atomic mass is 10.2. The number of pyridine rings is 1. The molecule has 0 amide bonds. The Kier molecular flexibility index (Phi) is 3.35. The van der Waals surface area contributed by atoms with Crippen LogP contribution in [0, 0.1) is 11.3 Å². The number of guanidine groups is 1. The largest absolute Gasteiger partial charge is 0.369 e. The molecule has 1 rings (SSSR count). The summed E-state index contributed by atoms with van der Waals surface area (Å²) >= 11 is 0. The van der Waals surface area contributed by atoms with Crippen LogP contribution in [-0.2, 0) is 0 Å². The van der Waals surface area contributed by atoms with E-state index in [1.165, 1.54) is 6.20 Å². The van der Waals surface area contributed by atoms with Gasteiger partial charge >= 0.3 is 0 Å². The molecule has 0 radical (unpaired) electrons. The van der Waals surface area contributed by atoms with Gasteiger partial charge in [-0.3, -0.25) is 4.98 Å². The second-order valence-electron chi connectivity index (χ2n) is 2.75. The Morgan fingerprint density at radius 2 is 2.20 bits per heavy atom. The molecule has 0 saturated carbocycles. The number of hydrogen-bond acceptors (Lipinski definition) is 4. The number of nitrogens with zero attached hydrogens (tertiary/aromatic N) is 4. The molecular formula is C9H10N6. The fourth-order valence-electron chi connectivity index (χ4n) is 0.882. The van der Waals surface area contributed by atoms with Crippen molar-refractivity contribution in [3.63, 3.8) is 0 Å². The lowest BCUT2D eigenvalue weighted by molar-refractivity contribution is 1.17. The standard InChI is InChI=1S/C9H10N6/c1-6(14-15-9(11)12)8-4-7(5-10)2-3-13-8/h2-4H,1H3,(H4,11,12,15)/b14-6+. The van der Waals surface area contributed by atoms with E-state index >= 15 is 0 Å². The van der Waals surface area contributed by atoms with Crippen LogP contribution in [0.5, 0.6) is 0 Å². The highest BCUT2D eigenvalue weighted by molar-refractivity contribution is 5.97. The highest BCUT2D eigenvalue weighted by Crippen LogP contribution is 2.02. The van der Waals surface area contributed by atoms with E-state index in [2.05, 4.69) is 15.2 Å². The third-order valence-corrected chi connectivity index (χ3v) is 1.58. The average molecular weight is 202 g/mol. The Labute approximate surface area is 86.9 Å². The molecule has 0 spiro atoms. The Balaban J connectivity index is 3.02. The highest BCUT2D eigenvalue weighted by Gasteiger charge is 2.00. The maximum absolute atomic E-state index is 8.68. The summed E-state index contributed by atoms with van der Waals surface area (Å²) in [6.07, 6.45) is 1.53. The maximum Gasteiger partial charge on any atom is 0.211 e. The summed E-state index contributed by atoms with van der Waals surface area (Å²) in [6.45, 7) is 1.70. The van der Waals surface area contributed by atoms with Gasteiger partial charge in [0.15, 0.2) is 0 Å². The second kappa shape index (κ2) is 4.72. The summed E-state index contributed by atoms with van der Waals surface area (Å²) in [5.41, 5.74) is 11.9. The van der Waals surface area contributed by atoms with Gasteiger partial charge in [0.05, 0.1) is 23.0 Å². The van der Waals surface area contributed by atoms with Gasteiger partial charge in [0.1, 0.15) is 0 Å². The third kappa shape index (κ3) is 3.08. The molecule has 0 atom stereocenters. The van der Waals surface area contributed by atoms with Gasteiger partial charge in [-0.15, -0.1) is 5.10 Å². The van der Waals surface area contributed by atoms with Crippen molar-refractivity contribution in [2.24, 2.45) is 21.7 Å². The molecule has 0 aliphatic rings. The molecule has 1 heterocycles. The van der Waals surface area contributed by atoms with E-state index in [9.17, 15) is 0 Å². The van der Waals surface area contributed by atoms with Crippen LogP contribution in [-0.4, -0.2) is 16.7 Å². The predicted molar refractivity (Wildman–Crippen MR) is 57.0 cm³/mol. The van der Waals surface area contributed by atoms with E-state index in [4.69, 9.17) is 16.7 Å². The first-order valence-electron chi connectivity index (χ1n) is 4.13. The van der Waals surface area contributed by atoms with Crippen LogP contribution in [0.2, 0.25) is 0 Å². The summed E-state index contributed by atoms with van der Waals surface area (Å²) in [5.74, 6) is -0.120. The van der Waals surface area contributed by atoms with Gasteiger partial charge in [-0.1, -0.05) is 0 Å². The summed E-state index contributed by atoms with van der Waals surface area (Å²) in [5, 5.41) is 15.9. The Morgan fingerprint density at radius 1 is 1.47 bits per heavy atom. The quantitative estimate of drug-likeness (QED) is 0.397. The summed E-state index contributed by atoms with van der Waals surface area (Å²) in [6, 6.07) is 5.23. The van der Waals surface area contributed by atoms with Crippen LogP contribution >= 0.6 is 0 Å². The van der Waals surface area contributed by atoms with Gasteiger partial charge in [0.25, 0.3) is 0 Å². The van der Waals surface area contributed by atoms with Gasteiger partial charge in [-0.2, -0.15) is 10.4 Å². The van der Waals surface area contributed by atoms with Crippen molar-refractivity contribution in [3.8, 4) is 6.07 Å². The number of nitrogens with two attached hydrogens (primary N) is 2. The van der Waals surface area contributed by atoms with Crippen molar-refractivity contribution in [3.05, 3.63) is 29.6 Å². The van der Waals surface area contributed by atoms with Crippen molar-refractivity contribution < 1.29 is 0 Å². The zero-order valence-corrected chi connectivity index (χ0v) is 8.18. The zero-order valence-electron chi connectivity index (χ0n) is 8.18. The van der Waals surface area contributed by atoms with Crippen molar-refractivity contribution >= 4 is 11.7 Å². The summed E-state index contributed by atoms with van der Waals surface area (Å²) < 4.78 is 0. The highest BCUT2D eigenvalue weighted by atomic mass is 15.3.